The van der Waals surface area contributed by atoms with Crippen molar-refractivity contribution in [2.75, 3.05) is 23.7 Å². The molecule has 164 valence electrons. The van der Waals surface area contributed by atoms with Gasteiger partial charge in [-0.1, -0.05) is 18.2 Å². The Morgan fingerprint density at radius 3 is 2.33 bits per heavy atom. The minimum atomic E-state index is -3.46. The third-order valence-corrected chi connectivity index (χ3v) is 6.20. The van der Waals surface area contributed by atoms with E-state index in [1.165, 1.54) is 21.7 Å². The molecule has 0 aliphatic heterocycles. The zero-order valence-electron chi connectivity index (χ0n) is 18.4. The maximum absolute atomic E-state index is 12.4. The minimum absolute atomic E-state index is 0.0964. The summed E-state index contributed by atoms with van der Waals surface area (Å²) in [6.07, 6.45) is 1.84. The first-order valence-corrected chi connectivity index (χ1v) is 12.0. The van der Waals surface area contributed by atoms with Crippen LogP contribution in [0.2, 0.25) is 0 Å². The van der Waals surface area contributed by atoms with Crippen molar-refractivity contribution < 1.29 is 17.9 Å². The van der Waals surface area contributed by atoms with Crippen LogP contribution >= 0.6 is 0 Å². The Labute approximate surface area is 180 Å². The molecule has 0 aliphatic rings. The number of aryl methyl sites for hydroxylation is 2. The van der Waals surface area contributed by atoms with Crippen LogP contribution in [0, 0.1) is 13.8 Å². The fourth-order valence-electron chi connectivity index (χ4n) is 3.18. The number of carbonyl (C=O) groups is 1. The van der Waals surface area contributed by atoms with Gasteiger partial charge in [0.25, 0.3) is 0 Å². The van der Waals surface area contributed by atoms with E-state index < -0.39 is 10.0 Å². The molecular weight excluding hydrogens is 400 g/mol. The average molecular weight is 433 g/mol. The first-order chi connectivity index (χ1) is 14.1. The molecule has 0 saturated heterocycles. The largest absolute Gasteiger partial charge is 0.494 e. The van der Waals surface area contributed by atoms with E-state index in [9.17, 15) is 13.2 Å². The zero-order chi connectivity index (χ0) is 22.3. The summed E-state index contributed by atoms with van der Waals surface area (Å²) in [7, 11) is -3.46. The fraction of sp³-hybridized carbons (Fsp3) is 0.435. The van der Waals surface area contributed by atoms with E-state index in [1.54, 1.807) is 24.3 Å². The fourth-order valence-corrected chi connectivity index (χ4v) is 4.14. The Morgan fingerprint density at radius 1 is 1.10 bits per heavy atom. The number of hydrogen-bond acceptors (Lipinski definition) is 4. The molecule has 0 radical (unpaired) electrons. The van der Waals surface area contributed by atoms with Gasteiger partial charge in [-0.2, -0.15) is 0 Å². The SMILES string of the molecule is CCOc1ccc(N(CCCC(=O)NC(C)c2ccc(C)c(C)c2)S(C)(=O)=O)cc1. The van der Waals surface area contributed by atoms with Gasteiger partial charge in [-0.25, -0.2) is 8.42 Å². The number of carbonyl (C=O) groups excluding carboxylic acids is 1. The Hall–Kier alpha value is -2.54. The summed E-state index contributed by atoms with van der Waals surface area (Å²) in [6, 6.07) is 13.0. The van der Waals surface area contributed by atoms with Crippen LogP contribution < -0.4 is 14.4 Å². The number of nitrogens with zero attached hydrogens (tertiary/aromatic N) is 1. The second-order valence-electron chi connectivity index (χ2n) is 7.50. The molecule has 0 saturated carbocycles. The van der Waals surface area contributed by atoms with E-state index in [0.717, 1.165) is 5.56 Å². The molecule has 0 aromatic heterocycles. The lowest BCUT2D eigenvalue weighted by Gasteiger charge is -2.23. The van der Waals surface area contributed by atoms with E-state index in [2.05, 4.69) is 18.3 Å². The molecule has 2 aromatic rings. The van der Waals surface area contributed by atoms with Crippen LogP contribution in [0.25, 0.3) is 0 Å². The van der Waals surface area contributed by atoms with Gasteiger partial charge >= 0.3 is 0 Å². The number of nitrogens with one attached hydrogen (secondary N) is 1. The van der Waals surface area contributed by atoms with Gasteiger partial charge < -0.3 is 10.1 Å². The third kappa shape index (κ3) is 6.76. The molecular formula is C23H32N2O4S. The Kier molecular flexibility index (Phi) is 8.29. The topological polar surface area (TPSA) is 75.7 Å². The van der Waals surface area contributed by atoms with Gasteiger partial charge in [-0.05, 0) is 75.1 Å². The van der Waals surface area contributed by atoms with Crippen LogP contribution in [0.1, 0.15) is 49.4 Å². The normalized spacial score (nSPS) is 12.3. The summed E-state index contributed by atoms with van der Waals surface area (Å²) in [5, 5.41) is 2.99. The van der Waals surface area contributed by atoms with Crippen LogP contribution in [0.3, 0.4) is 0 Å². The lowest BCUT2D eigenvalue weighted by atomic mass is 10.0. The zero-order valence-corrected chi connectivity index (χ0v) is 19.3. The number of rotatable bonds is 10. The molecule has 1 unspecified atom stereocenters. The van der Waals surface area contributed by atoms with Gasteiger partial charge in [0.1, 0.15) is 5.75 Å². The van der Waals surface area contributed by atoms with E-state index in [0.29, 0.717) is 24.5 Å². The second-order valence-corrected chi connectivity index (χ2v) is 9.41. The molecule has 30 heavy (non-hydrogen) atoms. The van der Waals surface area contributed by atoms with E-state index in [-0.39, 0.29) is 24.9 Å². The van der Waals surface area contributed by atoms with Crippen LogP contribution in [0.4, 0.5) is 5.69 Å². The van der Waals surface area contributed by atoms with Gasteiger partial charge in [0.05, 0.1) is 24.6 Å². The van der Waals surface area contributed by atoms with Crippen molar-refractivity contribution in [1.82, 2.24) is 5.32 Å². The van der Waals surface area contributed by atoms with Crippen molar-refractivity contribution in [3.63, 3.8) is 0 Å². The van der Waals surface area contributed by atoms with Crippen LogP contribution in [-0.2, 0) is 14.8 Å². The van der Waals surface area contributed by atoms with E-state index in [4.69, 9.17) is 4.74 Å². The second kappa shape index (κ2) is 10.5. The monoisotopic (exact) mass is 432 g/mol. The lowest BCUT2D eigenvalue weighted by molar-refractivity contribution is -0.121. The quantitative estimate of drug-likeness (QED) is 0.613. The highest BCUT2D eigenvalue weighted by molar-refractivity contribution is 7.92. The van der Waals surface area contributed by atoms with Crippen LogP contribution in [0.5, 0.6) is 5.75 Å². The number of ether oxygens (including phenoxy) is 1. The molecule has 0 spiro atoms. The summed E-state index contributed by atoms with van der Waals surface area (Å²) in [4.78, 5) is 12.4. The molecule has 0 aliphatic carbocycles. The highest BCUT2D eigenvalue weighted by Gasteiger charge is 2.18. The van der Waals surface area contributed by atoms with Crippen molar-refractivity contribution in [3.05, 3.63) is 59.2 Å². The molecule has 0 fully saturated rings. The van der Waals surface area contributed by atoms with Crippen molar-refractivity contribution in [3.8, 4) is 5.75 Å². The van der Waals surface area contributed by atoms with Crippen molar-refractivity contribution in [1.29, 1.82) is 0 Å². The lowest BCUT2D eigenvalue weighted by Crippen LogP contribution is -2.32. The van der Waals surface area contributed by atoms with Gasteiger partial charge in [0, 0.05) is 13.0 Å². The first kappa shape index (κ1) is 23.7. The summed E-state index contributed by atoms with van der Waals surface area (Å²) in [5.74, 6) is 0.593. The Morgan fingerprint density at radius 2 is 1.77 bits per heavy atom. The summed E-state index contributed by atoms with van der Waals surface area (Å²) in [6.45, 7) is 8.73. The van der Waals surface area contributed by atoms with Gasteiger partial charge in [0.15, 0.2) is 0 Å². The molecule has 1 atom stereocenters. The maximum atomic E-state index is 12.4. The average Bonchev–Trinajstić information content (AvgIpc) is 2.67. The molecule has 7 heteroatoms. The minimum Gasteiger partial charge on any atom is -0.494 e. The van der Waals surface area contributed by atoms with Crippen LogP contribution in [-0.4, -0.2) is 33.7 Å². The van der Waals surface area contributed by atoms with E-state index in [1.807, 2.05) is 32.9 Å². The third-order valence-electron chi connectivity index (χ3n) is 5.01. The maximum Gasteiger partial charge on any atom is 0.232 e. The molecule has 1 N–H and O–H groups in total. The molecule has 6 nitrogen and oxygen atoms in total. The predicted octanol–water partition coefficient (Wildman–Crippen LogP) is 4.13. The molecule has 1 amide bonds. The molecule has 2 rings (SSSR count). The molecule has 2 aromatic carbocycles. The van der Waals surface area contributed by atoms with Gasteiger partial charge in [0.2, 0.25) is 15.9 Å². The highest BCUT2D eigenvalue weighted by atomic mass is 32.2. The molecule has 0 bridgehead atoms. The number of sulfonamides is 1. The first-order valence-electron chi connectivity index (χ1n) is 10.2. The summed E-state index contributed by atoms with van der Waals surface area (Å²) < 4.78 is 31.2. The Balaban J connectivity index is 1.94. The number of hydrogen-bond donors (Lipinski definition) is 1. The molecule has 0 heterocycles. The Bertz CT molecular complexity index is 956. The van der Waals surface area contributed by atoms with Gasteiger partial charge in [-0.3, -0.25) is 9.10 Å². The van der Waals surface area contributed by atoms with E-state index >= 15 is 0 Å². The van der Waals surface area contributed by atoms with Crippen molar-refractivity contribution in [2.45, 2.75) is 46.6 Å². The summed E-state index contributed by atoms with van der Waals surface area (Å²) in [5.41, 5.74) is 4.02. The summed E-state index contributed by atoms with van der Waals surface area (Å²) >= 11 is 0. The predicted molar refractivity (Wildman–Crippen MR) is 122 cm³/mol. The smallest absolute Gasteiger partial charge is 0.232 e. The standard InChI is InChI=1S/C23H32N2O4S/c1-6-29-22-13-11-21(12-14-22)25(30(5,27)28)15-7-8-23(26)24-19(4)20-10-9-17(2)18(3)16-20/h9-14,16,19H,6-8,15H2,1-5H3,(H,24,26). The number of benzene rings is 2. The van der Waals surface area contributed by atoms with Gasteiger partial charge in [-0.15, -0.1) is 0 Å². The van der Waals surface area contributed by atoms with Crippen LogP contribution in [0.15, 0.2) is 42.5 Å². The highest BCUT2D eigenvalue weighted by Crippen LogP contribution is 2.22. The van der Waals surface area contributed by atoms with Crippen molar-refractivity contribution >= 4 is 21.6 Å². The number of amides is 1. The number of anilines is 1. The van der Waals surface area contributed by atoms with Crippen molar-refractivity contribution in [2.24, 2.45) is 0 Å².